The third-order valence-electron chi connectivity index (χ3n) is 3.47. The summed E-state index contributed by atoms with van der Waals surface area (Å²) in [6.07, 6.45) is 0. The van der Waals surface area contributed by atoms with Crippen molar-refractivity contribution in [2.45, 2.75) is 13.8 Å². The van der Waals surface area contributed by atoms with Gasteiger partial charge in [-0.3, -0.25) is 4.40 Å². The number of nitrogens with zero attached hydrogens (tertiary/aromatic N) is 4. The van der Waals surface area contributed by atoms with Crippen molar-refractivity contribution in [2.24, 2.45) is 0 Å². The van der Waals surface area contributed by atoms with E-state index in [4.69, 9.17) is 0 Å². The van der Waals surface area contributed by atoms with Crippen LogP contribution in [0.3, 0.4) is 0 Å². The largest absolute Gasteiger partial charge is 0.296 e. The lowest BCUT2D eigenvalue weighted by Crippen LogP contribution is -1.98. The van der Waals surface area contributed by atoms with E-state index >= 15 is 0 Å². The number of nitriles is 2. The fourth-order valence-corrected chi connectivity index (χ4v) is 2.66. The first-order valence-corrected chi connectivity index (χ1v) is 6.55. The molecule has 3 aromatic rings. The van der Waals surface area contributed by atoms with Crippen LogP contribution in [-0.2, 0) is 0 Å². The Labute approximate surface area is 122 Å². The molecule has 0 saturated carbocycles. The second kappa shape index (κ2) is 4.77. The summed E-state index contributed by atoms with van der Waals surface area (Å²) in [6, 6.07) is 15.9. The molecule has 0 unspecified atom stereocenters. The van der Waals surface area contributed by atoms with E-state index in [2.05, 4.69) is 17.1 Å². The minimum Gasteiger partial charge on any atom is -0.296 e. The van der Waals surface area contributed by atoms with E-state index in [1.165, 1.54) is 0 Å². The van der Waals surface area contributed by atoms with Crippen molar-refractivity contribution in [2.75, 3.05) is 0 Å². The van der Waals surface area contributed by atoms with Crippen molar-refractivity contribution in [1.82, 2.24) is 9.38 Å². The number of aryl methyl sites for hydroxylation is 2. The van der Waals surface area contributed by atoms with Crippen molar-refractivity contribution < 1.29 is 0 Å². The van der Waals surface area contributed by atoms with Crippen LogP contribution >= 0.6 is 0 Å². The second-order valence-corrected chi connectivity index (χ2v) is 4.89. The fraction of sp³-hybridized carbons (Fsp3) is 0.118. The maximum absolute atomic E-state index is 9.51. The van der Waals surface area contributed by atoms with Gasteiger partial charge in [0.25, 0.3) is 0 Å². The molecular formula is C17H12N4. The predicted octanol–water partition coefficient (Wildman–Crippen LogP) is 3.36. The van der Waals surface area contributed by atoms with Crippen LogP contribution in [0.25, 0.3) is 16.9 Å². The molecule has 0 spiro atoms. The van der Waals surface area contributed by atoms with Gasteiger partial charge in [0, 0.05) is 11.4 Å². The van der Waals surface area contributed by atoms with Crippen molar-refractivity contribution in [3.8, 4) is 23.4 Å². The maximum Gasteiger partial charge on any atom is 0.157 e. The van der Waals surface area contributed by atoms with E-state index < -0.39 is 0 Å². The molecular weight excluding hydrogens is 260 g/mol. The molecule has 0 atom stereocenters. The molecule has 0 saturated heterocycles. The van der Waals surface area contributed by atoms with Gasteiger partial charge in [0.1, 0.15) is 17.7 Å². The van der Waals surface area contributed by atoms with Gasteiger partial charge in [0.05, 0.1) is 11.3 Å². The van der Waals surface area contributed by atoms with Crippen molar-refractivity contribution in [1.29, 1.82) is 10.5 Å². The molecule has 3 rings (SSSR count). The number of rotatable bonds is 1. The van der Waals surface area contributed by atoms with E-state index in [1.54, 1.807) is 0 Å². The lowest BCUT2D eigenvalue weighted by molar-refractivity contribution is 1.03. The highest BCUT2D eigenvalue weighted by Crippen LogP contribution is 2.31. The third-order valence-corrected chi connectivity index (χ3v) is 3.47. The van der Waals surface area contributed by atoms with E-state index in [0.29, 0.717) is 16.8 Å². The quantitative estimate of drug-likeness (QED) is 0.682. The van der Waals surface area contributed by atoms with Crippen LogP contribution in [0.4, 0.5) is 0 Å². The molecule has 0 aliphatic heterocycles. The number of aromatic nitrogens is 2. The summed E-state index contributed by atoms with van der Waals surface area (Å²) in [5, 5.41) is 18.9. The first kappa shape index (κ1) is 12.9. The van der Waals surface area contributed by atoms with E-state index in [9.17, 15) is 10.5 Å². The molecule has 4 heteroatoms. The normalized spacial score (nSPS) is 10.3. The summed E-state index contributed by atoms with van der Waals surface area (Å²) < 4.78 is 1.89. The van der Waals surface area contributed by atoms with Gasteiger partial charge in [-0.1, -0.05) is 30.3 Å². The van der Waals surface area contributed by atoms with Crippen LogP contribution in [0.2, 0.25) is 0 Å². The van der Waals surface area contributed by atoms with E-state index in [1.807, 2.05) is 54.6 Å². The predicted molar refractivity (Wildman–Crippen MR) is 79.5 cm³/mol. The smallest absolute Gasteiger partial charge is 0.157 e. The second-order valence-electron chi connectivity index (χ2n) is 4.89. The van der Waals surface area contributed by atoms with Crippen molar-refractivity contribution in [3.05, 3.63) is 58.9 Å². The zero-order valence-electron chi connectivity index (χ0n) is 11.8. The Balaban J connectivity index is 2.56. The molecule has 4 nitrogen and oxygen atoms in total. The monoisotopic (exact) mass is 272 g/mol. The minimum atomic E-state index is 0.336. The maximum atomic E-state index is 9.51. The van der Waals surface area contributed by atoms with Gasteiger partial charge in [-0.2, -0.15) is 10.5 Å². The number of hydrogen-bond donors (Lipinski definition) is 0. The molecule has 0 radical (unpaired) electrons. The van der Waals surface area contributed by atoms with Crippen LogP contribution in [0, 0.1) is 36.5 Å². The van der Waals surface area contributed by atoms with E-state index in [0.717, 1.165) is 22.6 Å². The number of benzene rings is 1. The fourth-order valence-electron chi connectivity index (χ4n) is 2.66. The lowest BCUT2D eigenvalue weighted by Gasteiger charge is -2.07. The third kappa shape index (κ3) is 1.86. The topological polar surface area (TPSA) is 64.9 Å². The summed E-state index contributed by atoms with van der Waals surface area (Å²) >= 11 is 0. The zero-order valence-corrected chi connectivity index (χ0v) is 11.8. The molecule has 0 fully saturated rings. The lowest BCUT2D eigenvalue weighted by atomic mass is 10.1. The summed E-state index contributed by atoms with van der Waals surface area (Å²) in [7, 11) is 0. The average molecular weight is 272 g/mol. The summed E-state index contributed by atoms with van der Waals surface area (Å²) in [6.45, 7) is 3.84. The molecule has 0 aliphatic rings. The first-order chi connectivity index (χ1) is 10.2. The summed E-state index contributed by atoms with van der Waals surface area (Å²) in [4.78, 5) is 4.45. The highest BCUT2D eigenvalue weighted by Gasteiger charge is 2.21. The van der Waals surface area contributed by atoms with Crippen LogP contribution in [-0.4, -0.2) is 9.38 Å². The van der Waals surface area contributed by atoms with E-state index in [-0.39, 0.29) is 0 Å². The highest BCUT2D eigenvalue weighted by atomic mass is 15.0. The first-order valence-electron chi connectivity index (χ1n) is 6.55. The Morgan fingerprint density at radius 2 is 1.67 bits per heavy atom. The number of hydrogen-bond acceptors (Lipinski definition) is 3. The van der Waals surface area contributed by atoms with Gasteiger partial charge in [0.2, 0.25) is 0 Å². The Bertz CT molecular complexity index is 922. The molecule has 21 heavy (non-hydrogen) atoms. The molecule has 0 N–H and O–H groups in total. The standard InChI is InChI=1S/C17H12N4/c1-11-8-12(2)21-16(13-6-4-3-5-7-13)14(9-18)15(10-19)17(21)20-11/h3-8H,1-2H3. The zero-order chi connectivity index (χ0) is 15.0. The van der Waals surface area contributed by atoms with Gasteiger partial charge in [0.15, 0.2) is 5.65 Å². The Morgan fingerprint density at radius 3 is 2.29 bits per heavy atom. The van der Waals surface area contributed by atoms with Crippen molar-refractivity contribution >= 4 is 5.65 Å². The van der Waals surface area contributed by atoms with Crippen LogP contribution in [0.5, 0.6) is 0 Å². The Morgan fingerprint density at radius 1 is 1.00 bits per heavy atom. The summed E-state index contributed by atoms with van der Waals surface area (Å²) in [5.41, 5.74) is 4.68. The SMILES string of the molecule is Cc1cc(C)n2c(-c3ccccc3)c(C#N)c(C#N)c2n1. The molecule has 2 aromatic heterocycles. The average Bonchev–Trinajstić information content (AvgIpc) is 2.81. The molecule has 1 aromatic carbocycles. The van der Waals surface area contributed by atoms with Crippen LogP contribution in [0.1, 0.15) is 22.5 Å². The highest BCUT2D eigenvalue weighted by molar-refractivity contribution is 5.80. The molecule has 0 amide bonds. The van der Waals surface area contributed by atoms with Gasteiger partial charge in [-0.05, 0) is 25.5 Å². The molecule has 0 aliphatic carbocycles. The number of fused-ring (bicyclic) bond motifs is 1. The van der Waals surface area contributed by atoms with Gasteiger partial charge in [-0.15, -0.1) is 0 Å². The molecule has 100 valence electrons. The van der Waals surface area contributed by atoms with Gasteiger partial charge in [-0.25, -0.2) is 4.98 Å². The van der Waals surface area contributed by atoms with Gasteiger partial charge >= 0.3 is 0 Å². The molecule has 2 heterocycles. The van der Waals surface area contributed by atoms with Gasteiger partial charge < -0.3 is 0 Å². The van der Waals surface area contributed by atoms with Crippen LogP contribution in [0.15, 0.2) is 36.4 Å². The Kier molecular flexibility index (Phi) is 2.93. The minimum absolute atomic E-state index is 0.336. The van der Waals surface area contributed by atoms with Crippen LogP contribution < -0.4 is 0 Å². The Hall–Kier alpha value is -3.11. The van der Waals surface area contributed by atoms with Crippen molar-refractivity contribution in [3.63, 3.8) is 0 Å². The molecule has 0 bridgehead atoms. The summed E-state index contributed by atoms with van der Waals surface area (Å²) in [5.74, 6) is 0.